The lowest BCUT2D eigenvalue weighted by Crippen LogP contribution is -2.31. The number of rotatable bonds is 8. The van der Waals surface area contributed by atoms with Crippen LogP contribution in [0.4, 0.5) is 0 Å². The largest absolute Gasteiger partial charge is 0.492 e. The maximum atomic E-state index is 11.7. The Labute approximate surface area is 119 Å². The van der Waals surface area contributed by atoms with Crippen LogP contribution in [0.1, 0.15) is 12.8 Å². The molecule has 0 bridgehead atoms. The highest BCUT2D eigenvalue weighted by Gasteiger charge is 2.07. The SMILES string of the molecule is CNCCCC(=O)N(C)CCOc1cccc(Cl)c1. The molecule has 0 fully saturated rings. The highest BCUT2D eigenvalue weighted by atomic mass is 35.5. The summed E-state index contributed by atoms with van der Waals surface area (Å²) < 4.78 is 5.54. The number of hydrogen-bond acceptors (Lipinski definition) is 3. The fourth-order valence-corrected chi connectivity index (χ4v) is 1.77. The van der Waals surface area contributed by atoms with Crippen molar-refractivity contribution in [1.29, 1.82) is 0 Å². The molecule has 19 heavy (non-hydrogen) atoms. The van der Waals surface area contributed by atoms with E-state index in [2.05, 4.69) is 5.32 Å². The first-order valence-corrected chi connectivity index (χ1v) is 6.78. The van der Waals surface area contributed by atoms with Gasteiger partial charge in [-0.3, -0.25) is 4.79 Å². The van der Waals surface area contributed by atoms with Gasteiger partial charge in [-0.1, -0.05) is 17.7 Å². The molecule has 0 aliphatic carbocycles. The van der Waals surface area contributed by atoms with E-state index in [0.29, 0.717) is 24.6 Å². The maximum absolute atomic E-state index is 11.7. The number of amides is 1. The molecule has 0 aliphatic heterocycles. The normalized spacial score (nSPS) is 10.3. The van der Waals surface area contributed by atoms with Crippen LogP contribution in [0.25, 0.3) is 0 Å². The Balaban J connectivity index is 2.23. The van der Waals surface area contributed by atoms with Gasteiger partial charge in [-0.15, -0.1) is 0 Å². The van der Waals surface area contributed by atoms with Gasteiger partial charge in [0.25, 0.3) is 0 Å². The minimum Gasteiger partial charge on any atom is -0.492 e. The molecule has 0 radical (unpaired) electrons. The van der Waals surface area contributed by atoms with Gasteiger partial charge in [0, 0.05) is 18.5 Å². The first kappa shape index (κ1) is 15.8. The Bertz CT molecular complexity index is 399. The highest BCUT2D eigenvalue weighted by molar-refractivity contribution is 6.30. The molecule has 0 heterocycles. The van der Waals surface area contributed by atoms with E-state index in [1.54, 1.807) is 24.1 Å². The van der Waals surface area contributed by atoms with Crippen LogP contribution in [0, 0.1) is 0 Å². The molecule has 106 valence electrons. The average molecular weight is 285 g/mol. The molecule has 1 aromatic rings. The van der Waals surface area contributed by atoms with E-state index in [1.165, 1.54) is 0 Å². The fourth-order valence-electron chi connectivity index (χ4n) is 1.59. The van der Waals surface area contributed by atoms with Crippen molar-refractivity contribution in [2.75, 3.05) is 33.8 Å². The van der Waals surface area contributed by atoms with Crippen molar-refractivity contribution in [1.82, 2.24) is 10.2 Å². The molecule has 0 spiro atoms. The lowest BCUT2D eigenvalue weighted by Gasteiger charge is -2.17. The summed E-state index contributed by atoms with van der Waals surface area (Å²) in [6.45, 7) is 1.90. The van der Waals surface area contributed by atoms with Crippen molar-refractivity contribution in [3.8, 4) is 5.75 Å². The van der Waals surface area contributed by atoms with E-state index >= 15 is 0 Å². The zero-order valence-electron chi connectivity index (χ0n) is 11.5. The third-order valence-corrected chi connectivity index (χ3v) is 2.97. The lowest BCUT2D eigenvalue weighted by molar-refractivity contribution is -0.130. The zero-order chi connectivity index (χ0) is 14.1. The van der Waals surface area contributed by atoms with Crippen molar-refractivity contribution in [3.63, 3.8) is 0 Å². The Morgan fingerprint density at radius 3 is 2.95 bits per heavy atom. The second-order valence-corrected chi connectivity index (χ2v) is 4.76. The number of hydrogen-bond donors (Lipinski definition) is 1. The molecule has 0 saturated carbocycles. The summed E-state index contributed by atoms with van der Waals surface area (Å²) in [5.74, 6) is 0.869. The third-order valence-electron chi connectivity index (χ3n) is 2.73. The fraction of sp³-hybridized carbons (Fsp3) is 0.500. The van der Waals surface area contributed by atoms with E-state index in [-0.39, 0.29) is 5.91 Å². The standard InChI is InChI=1S/C14H21ClN2O2/c1-16-8-4-7-14(18)17(2)9-10-19-13-6-3-5-12(15)11-13/h3,5-6,11,16H,4,7-10H2,1-2H3. The summed E-state index contributed by atoms with van der Waals surface area (Å²) in [4.78, 5) is 13.4. The van der Waals surface area contributed by atoms with E-state index in [9.17, 15) is 4.79 Å². The quantitative estimate of drug-likeness (QED) is 0.744. The predicted molar refractivity (Wildman–Crippen MR) is 77.7 cm³/mol. The van der Waals surface area contributed by atoms with Gasteiger partial charge in [-0.05, 0) is 38.2 Å². The van der Waals surface area contributed by atoms with Crippen molar-refractivity contribution >= 4 is 17.5 Å². The molecule has 0 saturated heterocycles. The molecule has 1 rings (SSSR count). The number of nitrogens with zero attached hydrogens (tertiary/aromatic N) is 1. The summed E-state index contributed by atoms with van der Waals surface area (Å²) in [7, 11) is 3.68. The molecule has 0 aromatic heterocycles. The number of benzene rings is 1. The van der Waals surface area contributed by atoms with Crippen LogP contribution >= 0.6 is 11.6 Å². The van der Waals surface area contributed by atoms with E-state index in [1.807, 2.05) is 19.2 Å². The Kier molecular flexibility index (Phi) is 7.30. The van der Waals surface area contributed by atoms with Gasteiger partial charge >= 0.3 is 0 Å². The summed E-state index contributed by atoms with van der Waals surface area (Å²) >= 11 is 5.86. The van der Waals surface area contributed by atoms with Gasteiger partial charge in [0.15, 0.2) is 0 Å². The van der Waals surface area contributed by atoms with Crippen molar-refractivity contribution < 1.29 is 9.53 Å². The van der Waals surface area contributed by atoms with Gasteiger partial charge in [0.2, 0.25) is 5.91 Å². The average Bonchev–Trinajstić information content (AvgIpc) is 2.39. The van der Waals surface area contributed by atoms with Gasteiger partial charge in [-0.25, -0.2) is 0 Å². The summed E-state index contributed by atoms with van der Waals surface area (Å²) in [6, 6.07) is 7.24. The summed E-state index contributed by atoms with van der Waals surface area (Å²) in [5.41, 5.74) is 0. The number of ether oxygens (including phenoxy) is 1. The van der Waals surface area contributed by atoms with Crippen LogP contribution < -0.4 is 10.1 Å². The van der Waals surface area contributed by atoms with Crippen LogP contribution in [-0.2, 0) is 4.79 Å². The topological polar surface area (TPSA) is 41.6 Å². The monoisotopic (exact) mass is 284 g/mol. The van der Waals surface area contributed by atoms with Crippen molar-refractivity contribution in [3.05, 3.63) is 29.3 Å². The molecular weight excluding hydrogens is 264 g/mol. The molecule has 1 aromatic carbocycles. The number of nitrogens with one attached hydrogen (secondary N) is 1. The molecule has 0 unspecified atom stereocenters. The molecule has 4 nitrogen and oxygen atoms in total. The van der Waals surface area contributed by atoms with Gasteiger partial charge in [0.05, 0.1) is 6.54 Å². The molecule has 0 aliphatic rings. The molecular formula is C14H21ClN2O2. The van der Waals surface area contributed by atoms with Crippen LogP contribution in [0.5, 0.6) is 5.75 Å². The molecule has 1 amide bonds. The van der Waals surface area contributed by atoms with E-state index in [0.717, 1.165) is 18.7 Å². The molecule has 0 atom stereocenters. The Morgan fingerprint density at radius 1 is 1.47 bits per heavy atom. The third kappa shape index (κ3) is 6.45. The summed E-state index contributed by atoms with van der Waals surface area (Å²) in [6.07, 6.45) is 1.42. The highest BCUT2D eigenvalue weighted by Crippen LogP contribution is 2.16. The van der Waals surface area contributed by atoms with Crippen LogP contribution in [0.3, 0.4) is 0 Å². The van der Waals surface area contributed by atoms with Gasteiger partial charge < -0.3 is 15.0 Å². The second-order valence-electron chi connectivity index (χ2n) is 4.33. The lowest BCUT2D eigenvalue weighted by atomic mass is 10.3. The van der Waals surface area contributed by atoms with Crippen LogP contribution in [-0.4, -0.2) is 44.6 Å². The smallest absolute Gasteiger partial charge is 0.222 e. The second kappa shape index (κ2) is 8.77. The van der Waals surface area contributed by atoms with Gasteiger partial charge in [0.1, 0.15) is 12.4 Å². The summed E-state index contributed by atoms with van der Waals surface area (Å²) in [5, 5.41) is 3.67. The maximum Gasteiger partial charge on any atom is 0.222 e. The van der Waals surface area contributed by atoms with Crippen molar-refractivity contribution in [2.24, 2.45) is 0 Å². The molecule has 5 heteroatoms. The van der Waals surface area contributed by atoms with E-state index in [4.69, 9.17) is 16.3 Å². The van der Waals surface area contributed by atoms with Gasteiger partial charge in [-0.2, -0.15) is 0 Å². The molecule has 1 N–H and O–H groups in total. The number of halogens is 1. The minimum atomic E-state index is 0.143. The van der Waals surface area contributed by atoms with Crippen LogP contribution in [0.15, 0.2) is 24.3 Å². The Morgan fingerprint density at radius 2 is 2.26 bits per heavy atom. The first-order chi connectivity index (χ1) is 9.13. The van der Waals surface area contributed by atoms with E-state index < -0.39 is 0 Å². The number of likely N-dealkylation sites (N-methyl/N-ethyl adjacent to an activating group) is 1. The predicted octanol–water partition coefficient (Wildman–Crippen LogP) is 2.18. The first-order valence-electron chi connectivity index (χ1n) is 6.40. The van der Waals surface area contributed by atoms with Crippen molar-refractivity contribution in [2.45, 2.75) is 12.8 Å². The van der Waals surface area contributed by atoms with Crippen LogP contribution in [0.2, 0.25) is 5.02 Å². The number of carbonyl (C=O) groups is 1. The number of carbonyl (C=O) groups excluding carboxylic acids is 1. The zero-order valence-corrected chi connectivity index (χ0v) is 12.2. The Hall–Kier alpha value is -1.26. The minimum absolute atomic E-state index is 0.143.